The number of nitrogens with zero attached hydrogens (tertiary/aromatic N) is 3. The van der Waals surface area contributed by atoms with E-state index in [0.29, 0.717) is 30.2 Å². The summed E-state index contributed by atoms with van der Waals surface area (Å²) in [6.45, 7) is 4.37. The summed E-state index contributed by atoms with van der Waals surface area (Å²) in [5, 5.41) is 7.77. The van der Waals surface area contributed by atoms with Crippen LogP contribution in [0, 0.1) is 0 Å². The number of anilines is 1. The first-order chi connectivity index (χ1) is 12.2. The highest BCUT2D eigenvalue weighted by Crippen LogP contribution is 2.43. The summed E-state index contributed by atoms with van der Waals surface area (Å²) in [4.78, 5) is 4.70. The third-order valence-electron chi connectivity index (χ3n) is 4.56. The van der Waals surface area contributed by atoms with E-state index in [1.165, 1.54) is 12.1 Å². The predicted octanol–water partition coefficient (Wildman–Crippen LogP) is 2.97. The third-order valence-corrected chi connectivity index (χ3v) is 6.58. The molecule has 2 heterocycles. The Morgan fingerprint density at radius 1 is 1.42 bits per heavy atom. The van der Waals surface area contributed by atoms with Crippen LogP contribution in [0.1, 0.15) is 26.7 Å². The van der Waals surface area contributed by atoms with E-state index >= 15 is 0 Å². The summed E-state index contributed by atoms with van der Waals surface area (Å²) in [6, 6.07) is 6.19. The molecule has 2 aromatic rings. The molecule has 0 bridgehead atoms. The molecular formula is C17H22ClN5O2S. The van der Waals surface area contributed by atoms with E-state index < -0.39 is 15.4 Å². The Morgan fingerprint density at radius 2 is 2.15 bits per heavy atom. The summed E-state index contributed by atoms with van der Waals surface area (Å²) >= 11 is 6.00. The van der Waals surface area contributed by atoms with Crippen molar-refractivity contribution >= 4 is 38.8 Å². The molecule has 1 atom stereocenters. The minimum atomic E-state index is -3.86. The zero-order valence-corrected chi connectivity index (χ0v) is 16.5. The fraction of sp³-hybridized carbons (Fsp3) is 0.412. The molecule has 1 aromatic heterocycles. The maximum atomic E-state index is 13.3. The third kappa shape index (κ3) is 3.02. The minimum absolute atomic E-state index is 0.0598. The molecule has 0 spiro atoms. The topological polar surface area (TPSA) is 102 Å². The first-order valence-electron chi connectivity index (χ1n) is 8.29. The standard InChI is InChI=1S/C17H22ClN5O2S/c1-11-10-17(2,7-8-19)23-16(21-11)14(15(20-3)22-23)26(24,25)13-6-4-5-12(18)9-13/h4-6,9H,7-8,10,19H2,1-3H3,(H,20,22). The summed E-state index contributed by atoms with van der Waals surface area (Å²) in [6.07, 6.45) is 1.33. The van der Waals surface area contributed by atoms with Crippen molar-refractivity contribution < 1.29 is 8.42 Å². The quantitative estimate of drug-likeness (QED) is 0.810. The minimum Gasteiger partial charge on any atom is -0.371 e. The Balaban J connectivity index is 2.29. The van der Waals surface area contributed by atoms with E-state index in [1.807, 2.05) is 13.8 Å². The van der Waals surface area contributed by atoms with Gasteiger partial charge in [0.2, 0.25) is 9.84 Å². The van der Waals surface area contributed by atoms with Gasteiger partial charge in [-0.25, -0.2) is 18.1 Å². The number of fused-ring (bicyclic) bond motifs is 1. The summed E-state index contributed by atoms with van der Waals surface area (Å²) in [5.74, 6) is 0.593. The van der Waals surface area contributed by atoms with Crippen molar-refractivity contribution in [3.63, 3.8) is 0 Å². The van der Waals surface area contributed by atoms with Crippen LogP contribution in [0.3, 0.4) is 0 Å². The molecule has 0 amide bonds. The SMILES string of the molecule is CNc1nn2c(c1S(=O)(=O)c1cccc(Cl)c1)N=C(C)CC2(C)CCN. The molecule has 1 aromatic carbocycles. The number of rotatable bonds is 5. The largest absolute Gasteiger partial charge is 0.371 e. The molecule has 0 radical (unpaired) electrons. The van der Waals surface area contributed by atoms with Gasteiger partial charge < -0.3 is 11.1 Å². The molecule has 1 aliphatic heterocycles. The number of aromatic nitrogens is 2. The van der Waals surface area contributed by atoms with Gasteiger partial charge in [0.1, 0.15) is 0 Å². The van der Waals surface area contributed by atoms with Crippen LogP contribution in [-0.4, -0.2) is 37.5 Å². The van der Waals surface area contributed by atoms with Crippen molar-refractivity contribution in [3.8, 4) is 0 Å². The number of hydrogen-bond acceptors (Lipinski definition) is 6. The van der Waals surface area contributed by atoms with Crippen molar-refractivity contribution in [3.05, 3.63) is 29.3 Å². The fourth-order valence-corrected chi connectivity index (χ4v) is 5.18. The number of aliphatic imine (C=N–C) groups is 1. The van der Waals surface area contributed by atoms with Crippen molar-refractivity contribution in [1.29, 1.82) is 0 Å². The zero-order valence-electron chi connectivity index (χ0n) is 15.0. The van der Waals surface area contributed by atoms with Crippen LogP contribution in [0.15, 0.2) is 39.0 Å². The molecule has 0 fully saturated rings. The van der Waals surface area contributed by atoms with Gasteiger partial charge in [-0.3, -0.25) is 0 Å². The fourth-order valence-electron chi connectivity index (χ4n) is 3.38. The highest BCUT2D eigenvalue weighted by molar-refractivity contribution is 7.91. The lowest BCUT2D eigenvalue weighted by Crippen LogP contribution is -2.37. The predicted molar refractivity (Wildman–Crippen MR) is 103 cm³/mol. The normalized spacial score (nSPS) is 19.8. The van der Waals surface area contributed by atoms with Gasteiger partial charge in [-0.05, 0) is 45.0 Å². The maximum Gasteiger partial charge on any atom is 0.214 e. The van der Waals surface area contributed by atoms with Crippen LogP contribution < -0.4 is 11.1 Å². The molecule has 0 aliphatic carbocycles. The number of benzene rings is 1. The second kappa shape index (κ2) is 6.68. The van der Waals surface area contributed by atoms with E-state index in [2.05, 4.69) is 15.4 Å². The molecule has 3 N–H and O–H groups in total. The molecule has 7 nitrogen and oxygen atoms in total. The van der Waals surface area contributed by atoms with Gasteiger partial charge in [0.15, 0.2) is 16.5 Å². The van der Waals surface area contributed by atoms with Crippen LogP contribution >= 0.6 is 11.6 Å². The van der Waals surface area contributed by atoms with Crippen LogP contribution in [-0.2, 0) is 15.4 Å². The molecule has 140 valence electrons. The Bertz CT molecular complexity index is 983. The summed E-state index contributed by atoms with van der Waals surface area (Å²) in [7, 11) is -2.22. The van der Waals surface area contributed by atoms with Gasteiger partial charge in [0.05, 0.1) is 10.4 Å². The average Bonchev–Trinajstić information content (AvgIpc) is 2.95. The molecule has 0 saturated heterocycles. The lowest BCUT2D eigenvalue weighted by Gasteiger charge is -2.33. The van der Waals surface area contributed by atoms with Gasteiger partial charge in [0, 0.05) is 24.2 Å². The van der Waals surface area contributed by atoms with Crippen molar-refractivity contribution in [2.45, 2.75) is 42.0 Å². The van der Waals surface area contributed by atoms with E-state index in [-0.39, 0.29) is 15.6 Å². The monoisotopic (exact) mass is 395 g/mol. The second-order valence-corrected chi connectivity index (χ2v) is 9.01. The number of nitrogens with one attached hydrogen (secondary N) is 1. The Hall–Kier alpha value is -1.90. The van der Waals surface area contributed by atoms with Gasteiger partial charge in [-0.15, -0.1) is 0 Å². The van der Waals surface area contributed by atoms with Crippen molar-refractivity contribution in [2.75, 3.05) is 18.9 Å². The molecule has 1 unspecified atom stereocenters. The van der Waals surface area contributed by atoms with E-state index in [4.69, 9.17) is 17.3 Å². The summed E-state index contributed by atoms with van der Waals surface area (Å²) < 4.78 is 28.3. The Morgan fingerprint density at radius 3 is 2.77 bits per heavy atom. The van der Waals surface area contributed by atoms with E-state index in [9.17, 15) is 8.42 Å². The number of nitrogens with two attached hydrogens (primary N) is 1. The number of halogens is 1. The van der Waals surface area contributed by atoms with Crippen LogP contribution in [0.2, 0.25) is 5.02 Å². The number of hydrogen-bond donors (Lipinski definition) is 2. The molecular weight excluding hydrogens is 374 g/mol. The van der Waals surface area contributed by atoms with Crippen LogP contribution in [0.4, 0.5) is 11.6 Å². The first-order valence-corrected chi connectivity index (χ1v) is 10.2. The second-order valence-electron chi connectivity index (χ2n) is 6.68. The van der Waals surface area contributed by atoms with Crippen molar-refractivity contribution in [2.24, 2.45) is 10.7 Å². The van der Waals surface area contributed by atoms with Crippen LogP contribution in [0.25, 0.3) is 0 Å². The average molecular weight is 396 g/mol. The Kier molecular flexibility index (Phi) is 4.85. The molecule has 1 aliphatic rings. The first kappa shape index (κ1) is 18.9. The molecule has 9 heteroatoms. The molecule has 0 saturated carbocycles. The van der Waals surface area contributed by atoms with Crippen LogP contribution in [0.5, 0.6) is 0 Å². The van der Waals surface area contributed by atoms with Gasteiger partial charge in [0.25, 0.3) is 0 Å². The highest BCUT2D eigenvalue weighted by Gasteiger charge is 2.39. The van der Waals surface area contributed by atoms with Gasteiger partial charge in [-0.2, -0.15) is 5.10 Å². The number of sulfone groups is 1. The van der Waals surface area contributed by atoms with E-state index in [1.54, 1.807) is 23.9 Å². The van der Waals surface area contributed by atoms with Gasteiger partial charge in [-0.1, -0.05) is 17.7 Å². The van der Waals surface area contributed by atoms with E-state index in [0.717, 1.165) is 5.71 Å². The lowest BCUT2D eigenvalue weighted by molar-refractivity contribution is 0.276. The van der Waals surface area contributed by atoms with Crippen molar-refractivity contribution in [1.82, 2.24) is 9.78 Å². The Labute approximate surface area is 158 Å². The summed E-state index contributed by atoms with van der Waals surface area (Å²) in [5.41, 5.74) is 6.21. The zero-order chi connectivity index (χ0) is 19.1. The lowest BCUT2D eigenvalue weighted by atomic mass is 9.90. The maximum absolute atomic E-state index is 13.3. The smallest absolute Gasteiger partial charge is 0.214 e. The molecule has 3 rings (SSSR count). The highest BCUT2D eigenvalue weighted by atomic mass is 35.5. The van der Waals surface area contributed by atoms with Gasteiger partial charge >= 0.3 is 0 Å². The molecule has 26 heavy (non-hydrogen) atoms.